The van der Waals surface area contributed by atoms with Crippen LogP contribution in [0.1, 0.15) is 5.56 Å². The molecule has 18 heavy (non-hydrogen) atoms. The van der Waals surface area contributed by atoms with Crippen LogP contribution in [0, 0.1) is 10.5 Å². The summed E-state index contributed by atoms with van der Waals surface area (Å²) in [6.07, 6.45) is 0. The van der Waals surface area contributed by atoms with Gasteiger partial charge in [-0.15, -0.1) is 22.7 Å². The van der Waals surface area contributed by atoms with Crippen LogP contribution in [0.25, 0.3) is 19.5 Å². The fraction of sp³-hybridized carbons (Fsp3) is 0.286. The van der Waals surface area contributed by atoms with E-state index in [0.29, 0.717) is 0 Å². The molecule has 0 fully saturated rings. The molecule has 2 aromatic heterocycles. The van der Waals surface area contributed by atoms with Gasteiger partial charge in [0, 0.05) is 18.2 Å². The SMILES string of the molecule is Cc1ccc2c(c1)sc1c(I)c([Si](C)(C)C)sc12. The normalized spacial score (nSPS) is 12.7. The standard InChI is InChI=1S/C14H15IS2Si/c1-8-5-6-9-10(7-8)16-13-11(15)14(17-12(9)13)18(2,3)4/h5-7H,1-4H3. The first-order valence-corrected chi connectivity index (χ1v) is 12.2. The Bertz CT molecular complexity index is 746. The van der Waals surface area contributed by atoms with Gasteiger partial charge in [-0.1, -0.05) is 31.8 Å². The highest BCUT2D eigenvalue weighted by Gasteiger charge is 2.25. The number of fused-ring (bicyclic) bond motifs is 3. The molecule has 0 aliphatic carbocycles. The fourth-order valence-electron chi connectivity index (χ4n) is 2.16. The monoisotopic (exact) mass is 402 g/mol. The molecule has 0 atom stereocenters. The summed E-state index contributed by atoms with van der Waals surface area (Å²) < 4.78 is 7.64. The number of thiophene rings is 2. The highest BCUT2D eigenvalue weighted by molar-refractivity contribution is 14.1. The van der Waals surface area contributed by atoms with E-state index in [2.05, 4.69) is 67.4 Å². The maximum atomic E-state index is 2.56. The zero-order valence-corrected chi connectivity index (χ0v) is 15.7. The summed E-state index contributed by atoms with van der Waals surface area (Å²) in [5.74, 6) is 0. The van der Waals surface area contributed by atoms with E-state index in [4.69, 9.17) is 0 Å². The lowest BCUT2D eigenvalue weighted by Crippen LogP contribution is -2.36. The Hall–Kier alpha value is 0.0869. The maximum Gasteiger partial charge on any atom is 0.0919 e. The summed E-state index contributed by atoms with van der Waals surface area (Å²) in [4.78, 5) is 0. The van der Waals surface area contributed by atoms with E-state index in [0.717, 1.165) is 0 Å². The van der Waals surface area contributed by atoms with Crippen LogP contribution in [0.15, 0.2) is 18.2 Å². The van der Waals surface area contributed by atoms with Gasteiger partial charge < -0.3 is 0 Å². The molecule has 3 rings (SSSR count). The van der Waals surface area contributed by atoms with Crippen molar-refractivity contribution in [1.29, 1.82) is 0 Å². The van der Waals surface area contributed by atoms with E-state index < -0.39 is 8.07 Å². The van der Waals surface area contributed by atoms with Crippen LogP contribution in [0.2, 0.25) is 19.6 Å². The first kappa shape index (κ1) is 13.1. The topological polar surface area (TPSA) is 0 Å². The van der Waals surface area contributed by atoms with Gasteiger partial charge in [0.15, 0.2) is 0 Å². The van der Waals surface area contributed by atoms with Crippen LogP contribution in [-0.2, 0) is 0 Å². The van der Waals surface area contributed by atoms with Gasteiger partial charge in [-0.3, -0.25) is 0 Å². The predicted molar refractivity (Wildman–Crippen MR) is 97.6 cm³/mol. The van der Waals surface area contributed by atoms with Gasteiger partial charge in [-0.2, -0.15) is 0 Å². The molecular formula is C14H15IS2Si. The number of benzene rings is 1. The average molecular weight is 402 g/mol. The molecule has 0 radical (unpaired) electrons. The Balaban J connectivity index is 2.40. The molecule has 0 N–H and O–H groups in total. The Morgan fingerprint density at radius 3 is 2.44 bits per heavy atom. The number of rotatable bonds is 1. The van der Waals surface area contributed by atoms with Crippen LogP contribution >= 0.6 is 45.3 Å². The molecular weight excluding hydrogens is 387 g/mol. The number of hydrogen-bond acceptors (Lipinski definition) is 2. The largest absolute Gasteiger partial charge is 0.142 e. The molecule has 0 saturated carbocycles. The summed E-state index contributed by atoms with van der Waals surface area (Å²) in [6.45, 7) is 9.50. The summed E-state index contributed by atoms with van der Waals surface area (Å²) in [5, 5.41) is 1.45. The summed E-state index contributed by atoms with van der Waals surface area (Å²) in [7, 11) is -1.21. The van der Waals surface area contributed by atoms with Crippen LogP contribution in [0.4, 0.5) is 0 Å². The molecule has 0 spiro atoms. The Labute approximate surface area is 130 Å². The van der Waals surface area contributed by atoms with Gasteiger partial charge >= 0.3 is 0 Å². The van der Waals surface area contributed by atoms with Crippen LogP contribution in [-0.4, -0.2) is 8.07 Å². The van der Waals surface area contributed by atoms with Crippen molar-refractivity contribution in [2.24, 2.45) is 0 Å². The van der Waals surface area contributed by atoms with E-state index in [-0.39, 0.29) is 0 Å². The predicted octanol–water partition coefficient (Wildman–Crippen LogP) is 5.57. The third-order valence-corrected chi connectivity index (χ3v) is 11.5. The summed E-state index contributed by atoms with van der Waals surface area (Å²) in [6, 6.07) is 6.84. The lowest BCUT2D eigenvalue weighted by Gasteiger charge is -2.13. The Morgan fingerprint density at radius 1 is 1.06 bits per heavy atom. The fourth-order valence-corrected chi connectivity index (χ4v) is 10.5. The summed E-state index contributed by atoms with van der Waals surface area (Å²) in [5.41, 5.74) is 1.36. The number of halogens is 1. The first-order valence-electron chi connectivity index (χ1n) is 5.99. The Kier molecular flexibility index (Phi) is 3.12. The first-order chi connectivity index (χ1) is 8.38. The van der Waals surface area contributed by atoms with Crippen molar-refractivity contribution in [1.82, 2.24) is 0 Å². The van der Waals surface area contributed by atoms with Crippen molar-refractivity contribution in [2.75, 3.05) is 0 Å². The zero-order chi connectivity index (χ0) is 13.1. The van der Waals surface area contributed by atoms with Crippen molar-refractivity contribution in [3.63, 3.8) is 0 Å². The highest BCUT2D eigenvalue weighted by atomic mass is 127. The molecule has 94 valence electrons. The second-order valence-electron chi connectivity index (χ2n) is 5.76. The number of hydrogen-bond donors (Lipinski definition) is 0. The van der Waals surface area contributed by atoms with E-state index in [1.165, 1.54) is 28.6 Å². The second-order valence-corrected chi connectivity index (χ2v) is 14.3. The van der Waals surface area contributed by atoms with Gasteiger partial charge in [0.1, 0.15) is 0 Å². The quantitative estimate of drug-likeness (QED) is 0.369. The third kappa shape index (κ3) is 1.97. The molecule has 1 aromatic carbocycles. The molecule has 2 heterocycles. The molecule has 0 aliphatic rings. The minimum Gasteiger partial charge on any atom is -0.142 e. The number of aryl methyl sites for hydroxylation is 1. The van der Waals surface area contributed by atoms with E-state index in [1.54, 1.807) is 4.50 Å². The van der Waals surface area contributed by atoms with Gasteiger partial charge in [0.25, 0.3) is 0 Å². The second kappa shape index (κ2) is 4.29. The minimum atomic E-state index is -1.21. The lowest BCUT2D eigenvalue weighted by atomic mass is 10.2. The van der Waals surface area contributed by atoms with E-state index in [1.807, 2.05) is 22.7 Å². The smallest absolute Gasteiger partial charge is 0.0919 e. The summed E-state index contributed by atoms with van der Waals surface area (Å²) >= 11 is 6.56. The van der Waals surface area contributed by atoms with E-state index in [9.17, 15) is 0 Å². The highest BCUT2D eigenvalue weighted by Crippen LogP contribution is 2.40. The maximum absolute atomic E-state index is 2.56. The Morgan fingerprint density at radius 2 is 1.78 bits per heavy atom. The lowest BCUT2D eigenvalue weighted by molar-refractivity contribution is 1.52. The molecule has 3 aromatic rings. The van der Waals surface area contributed by atoms with Crippen molar-refractivity contribution in [2.45, 2.75) is 26.6 Å². The van der Waals surface area contributed by atoms with Crippen molar-refractivity contribution >= 4 is 77.3 Å². The molecule has 0 unspecified atom stereocenters. The van der Waals surface area contributed by atoms with Crippen molar-refractivity contribution in [3.8, 4) is 0 Å². The molecule has 0 saturated heterocycles. The molecule has 0 amide bonds. The minimum absolute atomic E-state index is 1.21. The van der Waals surface area contributed by atoms with Gasteiger partial charge in [0.05, 0.1) is 17.5 Å². The van der Waals surface area contributed by atoms with Crippen LogP contribution < -0.4 is 4.50 Å². The van der Waals surface area contributed by atoms with Crippen LogP contribution in [0.3, 0.4) is 0 Å². The molecule has 4 heteroatoms. The van der Waals surface area contributed by atoms with Crippen molar-refractivity contribution in [3.05, 3.63) is 27.3 Å². The molecule has 0 nitrogen and oxygen atoms in total. The zero-order valence-electron chi connectivity index (χ0n) is 10.9. The van der Waals surface area contributed by atoms with E-state index >= 15 is 0 Å². The molecule has 0 aliphatic heterocycles. The third-order valence-electron chi connectivity index (χ3n) is 3.08. The van der Waals surface area contributed by atoms with Gasteiger partial charge in [0.2, 0.25) is 0 Å². The van der Waals surface area contributed by atoms with Gasteiger partial charge in [-0.25, -0.2) is 0 Å². The average Bonchev–Trinajstić information content (AvgIpc) is 2.75. The van der Waals surface area contributed by atoms with Crippen molar-refractivity contribution < 1.29 is 0 Å². The van der Waals surface area contributed by atoms with Gasteiger partial charge in [-0.05, 0) is 41.1 Å². The van der Waals surface area contributed by atoms with Crippen LogP contribution in [0.5, 0.6) is 0 Å². The molecule has 0 bridgehead atoms.